The van der Waals surface area contributed by atoms with Crippen LogP contribution in [-0.2, 0) is 9.84 Å². The van der Waals surface area contributed by atoms with E-state index in [9.17, 15) is 13.2 Å². The van der Waals surface area contributed by atoms with Crippen molar-refractivity contribution >= 4 is 33.2 Å². The molecule has 0 unspecified atom stereocenters. The Labute approximate surface area is 128 Å². The summed E-state index contributed by atoms with van der Waals surface area (Å²) in [6.07, 6.45) is 3.04. The number of amides is 1. The number of hydrogen-bond acceptors (Lipinski definition) is 4. The summed E-state index contributed by atoms with van der Waals surface area (Å²) in [5.41, 5.74) is 0.782. The Morgan fingerprint density at radius 2 is 1.81 bits per heavy atom. The van der Waals surface area contributed by atoms with Crippen molar-refractivity contribution in [2.45, 2.75) is 9.79 Å². The highest BCUT2D eigenvalue weighted by Crippen LogP contribution is 2.22. The van der Waals surface area contributed by atoms with E-state index in [0.717, 1.165) is 11.2 Å². The minimum Gasteiger partial charge on any atom is -0.321 e. The molecule has 6 heteroatoms. The molecule has 0 saturated carbocycles. The normalized spacial score (nSPS) is 11.1. The second-order valence-electron chi connectivity index (χ2n) is 4.45. The molecule has 0 aliphatic rings. The molecule has 4 nitrogen and oxygen atoms in total. The highest BCUT2D eigenvalue weighted by molar-refractivity contribution is 7.98. The quantitative estimate of drug-likeness (QED) is 0.879. The smallest absolute Gasteiger partial charge is 0.255 e. The van der Waals surface area contributed by atoms with Gasteiger partial charge >= 0.3 is 0 Å². The summed E-state index contributed by atoms with van der Waals surface area (Å²) in [6, 6.07) is 13.5. The fourth-order valence-corrected chi connectivity index (χ4v) is 3.16. The molecule has 110 valence electrons. The lowest BCUT2D eigenvalue weighted by Gasteiger charge is -2.10. The molecule has 2 aromatic carbocycles. The second kappa shape index (κ2) is 6.32. The van der Waals surface area contributed by atoms with Gasteiger partial charge in [0.2, 0.25) is 0 Å². The van der Waals surface area contributed by atoms with Crippen LogP contribution in [0.3, 0.4) is 0 Å². The van der Waals surface area contributed by atoms with E-state index in [2.05, 4.69) is 5.32 Å². The van der Waals surface area contributed by atoms with Crippen LogP contribution in [0.2, 0.25) is 0 Å². The van der Waals surface area contributed by atoms with Gasteiger partial charge in [-0.1, -0.05) is 18.2 Å². The Hall–Kier alpha value is -1.79. The molecule has 0 saturated heterocycles. The fourth-order valence-electron chi connectivity index (χ4n) is 1.85. The Morgan fingerprint density at radius 3 is 2.48 bits per heavy atom. The number of carbonyl (C=O) groups excluding carboxylic acids is 1. The van der Waals surface area contributed by atoms with Crippen molar-refractivity contribution in [1.82, 2.24) is 0 Å². The zero-order chi connectivity index (χ0) is 15.5. The Balaban J connectivity index is 2.32. The number of carbonyl (C=O) groups is 1. The van der Waals surface area contributed by atoms with Crippen molar-refractivity contribution < 1.29 is 13.2 Å². The topological polar surface area (TPSA) is 63.2 Å². The molecule has 0 spiro atoms. The number of sulfone groups is 1. The third kappa shape index (κ3) is 3.86. The van der Waals surface area contributed by atoms with Crippen LogP contribution in [0.15, 0.2) is 58.3 Å². The monoisotopic (exact) mass is 321 g/mol. The van der Waals surface area contributed by atoms with Crippen molar-refractivity contribution in [2.24, 2.45) is 0 Å². The first-order valence-corrected chi connectivity index (χ1v) is 9.28. The molecule has 2 aromatic rings. The van der Waals surface area contributed by atoms with Gasteiger partial charge in [0.05, 0.1) is 10.6 Å². The van der Waals surface area contributed by atoms with Gasteiger partial charge in [-0.15, -0.1) is 11.8 Å². The summed E-state index contributed by atoms with van der Waals surface area (Å²) in [5, 5.41) is 2.66. The maximum absolute atomic E-state index is 12.2. The van der Waals surface area contributed by atoms with Crippen LogP contribution in [0.25, 0.3) is 0 Å². The number of benzene rings is 2. The van der Waals surface area contributed by atoms with Crippen molar-refractivity contribution in [2.75, 3.05) is 17.8 Å². The van der Waals surface area contributed by atoms with Crippen molar-refractivity contribution in [3.8, 4) is 0 Å². The standard InChI is InChI=1S/C15H15NO3S2/c1-20-12-7-5-6-11(10-12)15(17)16-13-8-3-4-9-14(13)21(2,18)19/h3-10H,1-2H3,(H,16,17). The average molecular weight is 321 g/mol. The van der Waals surface area contributed by atoms with E-state index in [1.165, 1.54) is 17.8 Å². The van der Waals surface area contributed by atoms with Gasteiger partial charge in [-0.25, -0.2) is 8.42 Å². The predicted octanol–water partition coefficient (Wildman–Crippen LogP) is 3.06. The van der Waals surface area contributed by atoms with Crippen molar-refractivity contribution in [3.63, 3.8) is 0 Å². The third-order valence-corrected chi connectivity index (χ3v) is 4.75. The molecule has 1 N–H and O–H groups in total. The molecule has 0 radical (unpaired) electrons. The number of thioether (sulfide) groups is 1. The number of hydrogen-bond donors (Lipinski definition) is 1. The summed E-state index contributed by atoms with van der Waals surface area (Å²) in [5.74, 6) is -0.331. The third-order valence-electron chi connectivity index (χ3n) is 2.87. The second-order valence-corrected chi connectivity index (χ2v) is 7.32. The molecule has 0 aromatic heterocycles. The molecule has 0 heterocycles. The van der Waals surface area contributed by atoms with Gasteiger partial charge < -0.3 is 5.32 Å². The number of nitrogens with one attached hydrogen (secondary N) is 1. The van der Waals surface area contributed by atoms with E-state index in [0.29, 0.717) is 11.3 Å². The van der Waals surface area contributed by atoms with Gasteiger partial charge in [0.15, 0.2) is 9.84 Å². The lowest BCUT2D eigenvalue weighted by molar-refractivity contribution is 0.102. The van der Waals surface area contributed by atoms with Gasteiger partial charge in [0.25, 0.3) is 5.91 Å². The molecular formula is C15H15NO3S2. The number of para-hydroxylation sites is 1. The molecule has 0 atom stereocenters. The van der Waals surface area contributed by atoms with Crippen LogP contribution in [0.5, 0.6) is 0 Å². The Bertz CT molecular complexity index is 770. The van der Waals surface area contributed by atoms with Crippen LogP contribution in [0, 0.1) is 0 Å². The number of rotatable bonds is 4. The number of anilines is 1. The zero-order valence-electron chi connectivity index (χ0n) is 11.7. The summed E-state index contributed by atoms with van der Waals surface area (Å²) in [7, 11) is -3.39. The van der Waals surface area contributed by atoms with Gasteiger partial charge in [-0.3, -0.25) is 4.79 Å². The maximum atomic E-state index is 12.2. The predicted molar refractivity (Wildman–Crippen MR) is 85.7 cm³/mol. The first-order valence-electron chi connectivity index (χ1n) is 6.16. The van der Waals surface area contributed by atoms with Crippen LogP contribution in [-0.4, -0.2) is 26.8 Å². The highest BCUT2D eigenvalue weighted by Gasteiger charge is 2.15. The SMILES string of the molecule is CSc1cccc(C(=O)Nc2ccccc2S(C)(=O)=O)c1. The summed E-state index contributed by atoms with van der Waals surface area (Å²) >= 11 is 1.54. The first kappa shape index (κ1) is 15.6. The van der Waals surface area contributed by atoms with Crippen LogP contribution < -0.4 is 5.32 Å². The largest absolute Gasteiger partial charge is 0.321 e. The van der Waals surface area contributed by atoms with Crippen LogP contribution in [0.1, 0.15) is 10.4 Å². The van der Waals surface area contributed by atoms with Gasteiger partial charge in [-0.2, -0.15) is 0 Å². The van der Waals surface area contributed by atoms with E-state index in [-0.39, 0.29) is 10.8 Å². The highest BCUT2D eigenvalue weighted by atomic mass is 32.2. The lowest BCUT2D eigenvalue weighted by atomic mass is 10.2. The average Bonchev–Trinajstić information content (AvgIpc) is 2.46. The van der Waals surface area contributed by atoms with Crippen molar-refractivity contribution in [3.05, 3.63) is 54.1 Å². The van der Waals surface area contributed by atoms with Crippen LogP contribution >= 0.6 is 11.8 Å². The molecule has 2 rings (SSSR count). The lowest BCUT2D eigenvalue weighted by Crippen LogP contribution is -2.14. The van der Waals surface area contributed by atoms with E-state index in [4.69, 9.17) is 0 Å². The first-order chi connectivity index (χ1) is 9.91. The minimum atomic E-state index is -3.39. The van der Waals surface area contributed by atoms with Gasteiger partial charge in [-0.05, 0) is 36.6 Å². The van der Waals surface area contributed by atoms with Gasteiger partial charge in [0.1, 0.15) is 0 Å². The molecule has 0 aliphatic heterocycles. The van der Waals surface area contributed by atoms with Crippen LogP contribution in [0.4, 0.5) is 5.69 Å². The summed E-state index contributed by atoms with van der Waals surface area (Å²) < 4.78 is 23.4. The molecule has 21 heavy (non-hydrogen) atoms. The van der Waals surface area contributed by atoms with E-state index >= 15 is 0 Å². The van der Waals surface area contributed by atoms with Gasteiger partial charge in [0, 0.05) is 16.7 Å². The Morgan fingerprint density at radius 1 is 1.10 bits per heavy atom. The summed E-state index contributed by atoms with van der Waals surface area (Å²) in [6.45, 7) is 0. The molecule has 0 bridgehead atoms. The summed E-state index contributed by atoms with van der Waals surface area (Å²) in [4.78, 5) is 13.3. The van der Waals surface area contributed by atoms with Crippen molar-refractivity contribution in [1.29, 1.82) is 0 Å². The van der Waals surface area contributed by atoms with E-state index in [1.807, 2.05) is 12.3 Å². The molecule has 1 amide bonds. The zero-order valence-corrected chi connectivity index (χ0v) is 13.3. The van der Waals surface area contributed by atoms with E-state index in [1.54, 1.807) is 36.4 Å². The minimum absolute atomic E-state index is 0.111. The maximum Gasteiger partial charge on any atom is 0.255 e. The fraction of sp³-hybridized carbons (Fsp3) is 0.133. The molecule has 0 aliphatic carbocycles. The molecule has 0 fully saturated rings. The van der Waals surface area contributed by atoms with E-state index < -0.39 is 9.84 Å². The Kier molecular flexibility index (Phi) is 4.69. The molecular weight excluding hydrogens is 306 g/mol.